The lowest BCUT2D eigenvalue weighted by Crippen LogP contribution is -2.53. The highest BCUT2D eigenvalue weighted by Gasteiger charge is 2.43. The third-order valence-corrected chi connectivity index (χ3v) is 6.42. The number of carbonyl (C=O) groups is 4. The van der Waals surface area contributed by atoms with E-state index in [-0.39, 0.29) is 63.2 Å². The van der Waals surface area contributed by atoms with E-state index in [4.69, 9.17) is 70.1 Å². The number of nitrogens with one attached hydrogen (secondary N) is 3. The predicted octanol–water partition coefficient (Wildman–Crippen LogP) is 5.79. The Labute approximate surface area is 271 Å². The van der Waals surface area contributed by atoms with Gasteiger partial charge in [0.15, 0.2) is 12.4 Å². The van der Waals surface area contributed by atoms with E-state index in [2.05, 4.69) is 22.5 Å². The maximum Gasteiger partial charge on any atom is 0.412 e. The first-order chi connectivity index (χ1) is 20.8. The van der Waals surface area contributed by atoms with Crippen LogP contribution in [0.15, 0.2) is 48.6 Å². The summed E-state index contributed by atoms with van der Waals surface area (Å²) in [5, 5.41) is 18.9. The number of hydrogen-bond acceptors (Lipinski definition) is 10. The fourth-order valence-corrected chi connectivity index (χ4v) is 4.76. The molecule has 2 aromatic carbocycles. The molecule has 3 rings (SSSR count). The number of esters is 1. The van der Waals surface area contributed by atoms with Crippen LogP contribution in [0.1, 0.15) is 13.3 Å². The number of alkyl carbamates (subject to hydrolysis) is 1. The van der Waals surface area contributed by atoms with Gasteiger partial charge in [0.2, 0.25) is 0 Å². The van der Waals surface area contributed by atoms with Gasteiger partial charge in [-0.3, -0.25) is 10.6 Å². The van der Waals surface area contributed by atoms with Crippen LogP contribution in [0, 0.1) is 0 Å². The summed E-state index contributed by atoms with van der Waals surface area (Å²) >= 11 is 23.9. The van der Waals surface area contributed by atoms with Crippen molar-refractivity contribution in [3.8, 4) is 0 Å². The Morgan fingerprint density at radius 2 is 1.39 bits per heavy atom. The molecule has 238 valence electrons. The molecule has 17 heteroatoms. The molecule has 13 nitrogen and oxygen atoms in total. The summed E-state index contributed by atoms with van der Waals surface area (Å²) < 4.78 is 26.2. The van der Waals surface area contributed by atoms with Gasteiger partial charge in [-0.15, -0.1) is 0 Å². The van der Waals surface area contributed by atoms with Crippen molar-refractivity contribution in [2.24, 2.45) is 0 Å². The predicted molar refractivity (Wildman–Crippen MR) is 161 cm³/mol. The second-order valence-electron chi connectivity index (χ2n) is 9.21. The summed E-state index contributed by atoms with van der Waals surface area (Å²) in [5.41, 5.74) is 0.605. The first kappa shape index (κ1) is 35.0. The summed E-state index contributed by atoms with van der Waals surface area (Å²) in [4.78, 5) is 48.9. The van der Waals surface area contributed by atoms with E-state index < -0.39 is 48.9 Å². The molecule has 0 spiro atoms. The monoisotopic (exact) mass is 693 g/mol. The summed E-state index contributed by atoms with van der Waals surface area (Å²) in [6.45, 7) is 4.37. The fourth-order valence-electron chi connectivity index (χ4n) is 3.71. The van der Waals surface area contributed by atoms with Gasteiger partial charge >= 0.3 is 24.2 Å². The van der Waals surface area contributed by atoms with Crippen LogP contribution < -0.4 is 16.0 Å². The quantitative estimate of drug-likeness (QED) is 0.103. The smallest absolute Gasteiger partial charge is 0.412 e. The maximum atomic E-state index is 12.8. The Bertz CT molecular complexity index is 1360. The Kier molecular flexibility index (Phi) is 13.2. The summed E-state index contributed by atoms with van der Waals surface area (Å²) in [6.07, 6.45) is -8.72. The molecule has 1 aliphatic rings. The number of anilines is 2. The van der Waals surface area contributed by atoms with Crippen molar-refractivity contribution in [3.05, 3.63) is 68.6 Å². The highest BCUT2D eigenvalue weighted by molar-refractivity contribution is 6.35. The number of halogens is 4. The molecule has 0 aliphatic carbocycles. The topological polar surface area (TPSA) is 171 Å². The number of benzene rings is 2. The largest absolute Gasteiger partial charge is 0.460 e. The molecule has 3 amide bonds. The molecule has 0 radical (unpaired) electrons. The number of carbonyl (C=O) groups excluding carboxylic acids is 4. The third-order valence-electron chi connectivity index (χ3n) is 5.55. The molecule has 1 aliphatic heterocycles. The van der Waals surface area contributed by atoms with Crippen molar-refractivity contribution >= 4 is 82.0 Å². The van der Waals surface area contributed by atoms with Crippen molar-refractivity contribution in [3.63, 3.8) is 0 Å². The minimum absolute atomic E-state index is 0.0473. The minimum atomic E-state index is -1.81. The molecular formula is C27H27Cl4N3O10. The first-order valence-electron chi connectivity index (χ1n) is 12.7. The average molecular weight is 695 g/mol. The molecular weight excluding hydrogens is 668 g/mol. The molecule has 0 aromatic heterocycles. The zero-order valence-electron chi connectivity index (χ0n) is 22.9. The van der Waals surface area contributed by atoms with Gasteiger partial charge in [0.25, 0.3) is 0 Å². The lowest BCUT2D eigenvalue weighted by atomic mass is 10.0. The van der Waals surface area contributed by atoms with Gasteiger partial charge in [-0.1, -0.05) is 53.0 Å². The fraction of sp³-hybridized carbons (Fsp3) is 0.333. The Morgan fingerprint density at radius 3 is 1.91 bits per heavy atom. The molecule has 1 heterocycles. The lowest BCUT2D eigenvalue weighted by molar-refractivity contribution is -0.249. The van der Waals surface area contributed by atoms with Gasteiger partial charge in [0, 0.05) is 43.5 Å². The Morgan fingerprint density at radius 1 is 0.864 bits per heavy atom. The van der Waals surface area contributed by atoms with Crippen LogP contribution in [0.3, 0.4) is 0 Å². The van der Waals surface area contributed by atoms with Gasteiger partial charge in [-0.25, -0.2) is 19.2 Å². The highest BCUT2D eigenvalue weighted by Crippen LogP contribution is 2.28. The van der Waals surface area contributed by atoms with E-state index >= 15 is 0 Å². The van der Waals surface area contributed by atoms with Gasteiger partial charge in [0.05, 0.1) is 12.6 Å². The van der Waals surface area contributed by atoms with E-state index in [1.165, 1.54) is 43.3 Å². The van der Waals surface area contributed by atoms with Gasteiger partial charge in [-0.05, 0) is 43.3 Å². The second-order valence-corrected chi connectivity index (χ2v) is 11.0. The average Bonchev–Trinajstić information content (AvgIpc) is 2.90. The van der Waals surface area contributed by atoms with Crippen molar-refractivity contribution in [2.45, 2.75) is 37.9 Å². The van der Waals surface area contributed by atoms with E-state index in [1.54, 1.807) is 0 Å². The number of amides is 3. The third kappa shape index (κ3) is 11.6. The van der Waals surface area contributed by atoms with Crippen LogP contribution in [-0.4, -0.2) is 73.7 Å². The normalized spacial score (nSPS) is 19.2. The SMILES string of the molecule is C=C(C)C(=O)OCCNC(=O)OC[C@H]1CC(OC(=O)Nc2cc(Cl)cc(Cl)c2)[C@H](OC(=O)Nc2cc(Cl)cc(Cl)c2)[C@@H](O)O1. The molecule has 4 N–H and O–H groups in total. The number of ether oxygens (including phenoxy) is 5. The van der Waals surface area contributed by atoms with E-state index in [1.807, 2.05) is 0 Å². The van der Waals surface area contributed by atoms with Crippen LogP contribution in [0.4, 0.5) is 25.8 Å². The molecule has 0 bridgehead atoms. The highest BCUT2D eigenvalue weighted by atomic mass is 35.5. The van der Waals surface area contributed by atoms with Crippen molar-refractivity contribution < 1.29 is 48.0 Å². The summed E-state index contributed by atoms with van der Waals surface area (Å²) in [7, 11) is 0. The zero-order chi connectivity index (χ0) is 32.4. The zero-order valence-corrected chi connectivity index (χ0v) is 26.0. The Balaban J connectivity index is 1.64. The Hall–Kier alpha value is -3.46. The molecule has 4 atom stereocenters. The van der Waals surface area contributed by atoms with Gasteiger partial charge in [-0.2, -0.15) is 0 Å². The van der Waals surface area contributed by atoms with Gasteiger partial charge in [0.1, 0.15) is 19.3 Å². The number of rotatable bonds is 10. The van der Waals surface area contributed by atoms with E-state index in [0.717, 1.165) is 0 Å². The number of hydrogen-bond donors (Lipinski definition) is 4. The maximum absolute atomic E-state index is 12.8. The molecule has 1 unspecified atom stereocenters. The van der Waals surface area contributed by atoms with Crippen LogP contribution in [0.25, 0.3) is 0 Å². The van der Waals surface area contributed by atoms with Crippen molar-refractivity contribution in [1.82, 2.24) is 5.32 Å². The molecule has 0 saturated carbocycles. The first-order valence-corrected chi connectivity index (χ1v) is 14.2. The van der Waals surface area contributed by atoms with Crippen molar-refractivity contribution in [1.29, 1.82) is 0 Å². The van der Waals surface area contributed by atoms with Crippen LogP contribution in [-0.2, 0) is 28.5 Å². The number of aliphatic hydroxyl groups is 1. The lowest BCUT2D eigenvalue weighted by Gasteiger charge is -2.38. The van der Waals surface area contributed by atoms with E-state index in [0.29, 0.717) is 0 Å². The molecule has 1 fully saturated rings. The standard InChI is InChI=1S/C27H27Cl4N3O10/c1-13(2)23(35)40-4-3-32-25(37)41-12-20-11-21(43-26(38)33-18-7-14(28)5-15(29)8-18)22(24(36)42-20)44-27(39)34-19-9-16(30)6-17(31)10-19/h5-10,20-22,24,36H,1,3-4,11-12H2,2H3,(H,32,37)(H,33,38)(H,34,39)/t20-,21?,22+,24+/m1/s1. The van der Waals surface area contributed by atoms with Crippen LogP contribution >= 0.6 is 46.4 Å². The van der Waals surface area contributed by atoms with E-state index in [9.17, 15) is 24.3 Å². The second kappa shape index (κ2) is 16.6. The van der Waals surface area contributed by atoms with Crippen LogP contribution in [0.5, 0.6) is 0 Å². The molecule has 44 heavy (non-hydrogen) atoms. The van der Waals surface area contributed by atoms with Gasteiger partial charge < -0.3 is 34.1 Å². The minimum Gasteiger partial charge on any atom is -0.460 e. The van der Waals surface area contributed by atoms with Crippen LogP contribution in [0.2, 0.25) is 20.1 Å². The molecule has 2 aromatic rings. The summed E-state index contributed by atoms with van der Waals surface area (Å²) in [5.74, 6) is -0.611. The number of aliphatic hydroxyl groups excluding tert-OH is 1. The molecule has 1 saturated heterocycles. The summed E-state index contributed by atoms with van der Waals surface area (Å²) in [6, 6.07) is 8.56. The van der Waals surface area contributed by atoms with Crippen molar-refractivity contribution in [2.75, 3.05) is 30.4 Å².